The summed E-state index contributed by atoms with van der Waals surface area (Å²) in [6.45, 7) is 3.15. The summed E-state index contributed by atoms with van der Waals surface area (Å²) >= 11 is 0. The summed E-state index contributed by atoms with van der Waals surface area (Å²) in [4.78, 5) is 13.0. The minimum Gasteiger partial charge on any atom is -0.480 e. The molecule has 0 aromatic heterocycles. The predicted octanol–water partition coefficient (Wildman–Crippen LogP) is -0.994. The van der Waals surface area contributed by atoms with Crippen molar-refractivity contribution in [2.75, 3.05) is 47.0 Å². The molecule has 94 valence electrons. The molecule has 2 N–H and O–H groups in total. The maximum absolute atomic E-state index is 10.8. The molecule has 1 rings (SSSR count). The molecule has 0 radical (unpaired) electrons. The highest BCUT2D eigenvalue weighted by Crippen LogP contribution is 2.02. The van der Waals surface area contributed by atoms with Crippen LogP contribution >= 0.6 is 0 Å². The van der Waals surface area contributed by atoms with E-state index in [1.165, 1.54) is 7.11 Å². The van der Waals surface area contributed by atoms with Crippen molar-refractivity contribution in [3.8, 4) is 0 Å². The first kappa shape index (κ1) is 13.4. The van der Waals surface area contributed by atoms with Gasteiger partial charge in [-0.15, -0.1) is 0 Å². The lowest BCUT2D eigenvalue weighted by molar-refractivity contribution is -0.141. The van der Waals surface area contributed by atoms with E-state index in [2.05, 4.69) is 10.2 Å². The minimum atomic E-state index is -0.897. The molecule has 2 unspecified atom stereocenters. The SMILES string of the molecule is COCC(NCC1CN(C)CCO1)C(=O)O. The third kappa shape index (κ3) is 4.44. The molecule has 16 heavy (non-hydrogen) atoms. The first-order chi connectivity index (χ1) is 7.63. The van der Waals surface area contributed by atoms with Crippen LogP contribution in [0.4, 0.5) is 0 Å². The first-order valence-corrected chi connectivity index (χ1v) is 5.38. The van der Waals surface area contributed by atoms with Gasteiger partial charge in [-0.05, 0) is 7.05 Å². The van der Waals surface area contributed by atoms with E-state index >= 15 is 0 Å². The molecule has 1 aliphatic heterocycles. The summed E-state index contributed by atoms with van der Waals surface area (Å²) in [7, 11) is 3.52. The Morgan fingerprint density at radius 2 is 2.50 bits per heavy atom. The minimum absolute atomic E-state index is 0.0532. The summed E-state index contributed by atoms with van der Waals surface area (Å²) in [5.41, 5.74) is 0. The van der Waals surface area contributed by atoms with E-state index in [0.717, 1.165) is 13.1 Å². The van der Waals surface area contributed by atoms with Crippen molar-refractivity contribution in [2.45, 2.75) is 12.1 Å². The number of methoxy groups -OCH3 is 1. The van der Waals surface area contributed by atoms with Crippen molar-refractivity contribution in [1.82, 2.24) is 10.2 Å². The van der Waals surface area contributed by atoms with Crippen molar-refractivity contribution in [1.29, 1.82) is 0 Å². The summed E-state index contributed by atoms with van der Waals surface area (Å²) < 4.78 is 10.4. The molecular weight excluding hydrogens is 212 g/mol. The zero-order chi connectivity index (χ0) is 12.0. The van der Waals surface area contributed by atoms with Crippen LogP contribution in [-0.2, 0) is 14.3 Å². The van der Waals surface area contributed by atoms with E-state index < -0.39 is 12.0 Å². The van der Waals surface area contributed by atoms with Gasteiger partial charge in [0.25, 0.3) is 0 Å². The van der Waals surface area contributed by atoms with E-state index in [1.54, 1.807) is 0 Å². The van der Waals surface area contributed by atoms with Crippen LogP contribution in [0, 0.1) is 0 Å². The Kier molecular flexibility index (Phi) is 5.68. The third-order valence-corrected chi connectivity index (χ3v) is 2.57. The lowest BCUT2D eigenvalue weighted by Gasteiger charge is -2.30. The fraction of sp³-hybridized carbons (Fsp3) is 0.900. The molecule has 1 heterocycles. The van der Waals surface area contributed by atoms with Crippen LogP contribution in [-0.4, -0.2) is 75.1 Å². The molecule has 0 amide bonds. The Hall–Kier alpha value is -0.690. The predicted molar refractivity (Wildman–Crippen MR) is 58.5 cm³/mol. The van der Waals surface area contributed by atoms with E-state index in [1.807, 2.05) is 7.05 Å². The van der Waals surface area contributed by atoms with Gasteiger partial charge >= 0.3 is 5.97 Å². The summed E-state index contributed by atoms with van der Waals surface area (Å²) in [5.74, 6) is -0.897. The number of likely N-dealkylation sites (N-methyl/N-ethyl adjacent to an activating group) is 1. The Labute approximate surface area is 95.5 Å². The highest BCUT2D eigenvalue weighted by molar-refractivity contribution is 5.73. The van der Waals surface area contributed by atoms with Crippen LogP contribution < -0.4 is 5.32 Å². The molecule has 1 fully saturated rings. The van der Waals surface area contributed by atoms with Crippen molar-refractivity contribution < 1.29 is 19.4 Å². The van der Waals surface area contributed by atoms with Crippen LogP contribution in [0.5, 0.6) is 0 Å². The smallest absolute Gasteiger partial charge is 0.323 e. The number of morpholine rings is 1. The number of carboxylic acid groups (broad SMARTS) is 1. The van der Waals surface area contributed by atoms with E-state index in [4.69, 9.17) is 14.6 Å². The fourth-order valence-electron chi connectivity index (χ4n) is 1.65. The average Bonchev–Trinajstić information content (AvgIpc) is 2.24. The number of nitrogens with one attached hydrogen (secondary N) is 1. The van der Waals surface area contributed by atoms with Crippen LogP contribution in [0.2, 0.25) is 0 Å². The van der Waals surface area contributed by atoms with E-state index in [-0.39, 0.29) is 12.7 Å². The van der Waals surface area contributed by atoms with Gasteiger partial charge < -0.3 is 19.5 Å². The summed E-state index contributed by atoms with van der Waals surface area (Å²) in [6, 6.07) is -0.666. The molecule has 0 bridgehead atoms. The molecule has 0 aromatic carbocycles. The molecule has 6 heteroatoms. The van der Waals surface area contributed by atoms with Crippen LogP contribution in [0.25, 0.3) is 0 Å². The number of carboxylic acids is 1. The average molecular weight is 232 g/mol. The third-order valence-electron chi connectivity index (χ3n) is 2.57. The standard InChI is InChI=1S/C10H20N2O4/c1-12-3-4-16-8(6-12)5-11-9(7-15-2)10(13)14/h8-9,11H,3-7H2,1-2H3,(H,13,14). The van der Waals surface area contributed by atoms with Gasteiger partial charge in [-0.2, -0.15) is 0 Å². The zero-order valence-electron chi connectivity index (χ0n) is 9.81. The molecule has 0 aromatic rings. The second-order valence-corrected chi connectivity index (χ2v) is 4.01. The van der Waals surface area contributed by atoms with Gasteiger partial charge in [-0.1, -0.05) is 0 Å². The van der Waals surface area contributed by atoms with Crippen molar-refractivity contribution in [3.63, 3.8) is 0 Å². The fourth-order valence-corrected chi connectivity index (χ4v) is 1.65. The maximum atomic E-state index is 10.8. The quantitative estimate of drug-likeness (QED) is 0.612. The van der Waals surface area contributed by atoms with Gasteiger partial charge in [0.2, 0.25) is 0 Å². The second kappa shape index (κ2) is 6.80. The van der Waals surface area contributed by atoms with Crippen molar-refractivity contribution in [3.05, 3.63) is 0 Å². The lowest BCUT2D eigenvalue weighted by Crippen LogP contribution is -2.49. The van der Waals surface area contributed by atoms with Gasteiger partial charge in [-0.25, -0.2) is 0 Å². The van der Waals surface area contributed by atoms with Crippen LogP contribution in [0.3, 0.4) is 0 Å². The molecule has 0 aliphatic carbocycles. The molecule has 6 nitrogen and oxygen atoms in total. The molecule has 1 aliphatic rings. The highest BCUT2D eigenvalue weighted by Gasteiger charge is 2.21. The Morgan fingerprint density at radius 3 is 3.06 bits per heavy atom. The van der Waals surface area contributed by atoms with Crippen molar-refractivity contribution >= 4 is 5.97 Å². The topological polar surface area (TPSA) is 71.0 Å². The number of carbonyl (C=O) groups is 1. The second-order valence-electron chi connectivity index (χ2n) is 4.01. The van der Waals surface area contributed by atoms with Gasteiger partial charge in [0, 0.05) is 26.7 Å². The zero-order valence-corrected chi connectivity index (χ0v) is 9.81. The molecule has 1 saturated heterocycles. The Bertz CT molecular complexity index is 225. The van der Waals surface area contributed by atoms with E-state index in [0.29, 0.717) is 13.2 Å². The number of aliphatic carboxylic acids is 1. The normalized spacial score (nSPS) is 24.2. The Morgan fingerprint density at radius 1 is 1.75 bits per heavy atom. The monoisotopic (exact) mass is 232 g/mol. The summed E-state index contributed by atoms with van der Waals surface area (Å²) in [5, 5.41) is 11.8. The molecule has 0 saturated carbocycles. The number of nitrogens with zero attached hydrogens (tertiary/aromatic N) is 1. The van der Waals surface area contributed by atoms with Gasteiger partial charge in [0.15, 0.2) is 0 Å². The first-order valence-electron chi connectivity index (χ1n) is 5.38. The number of ether oxygens (including phenoxy) is 2. The number of rotatable bonds is 6. The largest absolute Gasteiger partial charge is 0.480 e. The molecular formula is C10H20N2O4. The lowest BCUT2D eigenvalue weighted by atomic mass is 10.2. The highest BCUT2D eigenvalue weighted by atomic mass is 16.5. The number of hydrogen-bond acceptors (Lipinski definition) is 5. The number of hydrogen-bond donors (Lipinski definition) is 2. The molecule has 0 spiro atoms. The van der Waals surface area contributed by atoms with Gasteiger partial charge in [0.1, 0.15) is 6.04 Å². The van der Waals surface area contributed by atoms with Crippen molar-refractivity contribution in [2.24, 2.45) is 0 Å². The molecule has 2 atom stereocenters. The Balaban J connectivity index is 2.28. The maximum Gasteiger partial charge on any atom is 0.323 e. The van der Waals surface area contributed by atoms with Gasteiger partial charge in [0.05, 0.1) is 19.3 Å². The van der Waals surface area contributed by atoms with Crippen LogP contribution in [0.1, 0.15) is 0 Å². The van der Waals surface area contributed by atoms with Crippen LogP contribution in [0.15, 0.2) is 0 Å². The van der Waals surface area contributed by atoms with E-state index in [9.17, 15) is 4.79 Å². The summed E-state index contributed by atoms with van der Waals surface area (Å²) in [6.07, 6.45) is 0.0532. The van der Waals surface area contributed by atoms with Gasteiger partial charge in [-0.3, -0.25) is 10.1 Å².